The second-order valence-electron chi connectivity index (χ2n) is 5.73. The molecule has 122 valence electrons. The van der Waals surface area contributed by atoms with Gasteiger partial charge >= 0.3 is 0 Å². The highest BCUT2D eigenvalue weighted by Gasteiger charge is 2.22. The van der Waals surface area contributed by atoms with Crippen LogP contribution in [0.2, 0.25) is 0 Å². The molecule has 2 heterocycles. The maximum Gasteiger partial charge on any atom is 0.269 e. The number of carbonyl (C=O) groups excluding carboxylic acids is 1. The van der Waals surface area contributed by atoms with Crippen LogP contribution in [0.5, 0.6) is 0 Å². The number of primary amides is 1. The zero-order valence-corrected chi connectivity index (χ0v) is 13.2. The van der Waals surface area contributed by atoms with Gasteiger partial charge in [0, 0.05) is 18.8 Å². The van der Waals surface area contributed by atoms with Gasteiger partial charge in [-0.2, -0.15) is 5.10 Å². The zero-order chi connectivity index (χ0) is 16.5. The Bertz CT molecular complexity index is 883. The van der Waals surface area contributed by atoms with E-state index in [4.69, 9.17) is 10.5 Å². The van der Waals surface area contributed by atoms with Crippen LogP contribution < -0.4 is 10.6 Å². The lowest BCUT2D eigenvalue weighted by atomic mass is 10.1. The number of nitrogens with zero attached hydrogens (tertiary/aromatic N) is 3. The van der Waals surface area contributed by atoms with Gasteiger partial charge in [-0.1, -0.05) is 24.3 Å². The fraction of sp³-hybridized carbons (Fsp3) is 0.222. The fourth-order valence-corrected chi connectivity index (χ4v) is 3.16. The molecule has 6 heteroatoms. The summed E-state index contributed by atoms with van der Waals surface area (Å²) in [5, 5.41) is 5.30. The first-order valence-corrected chi connectivity index (χ1v) is 7.95. The number of fused-ring (bicyclic) bond motifs is 1. The number of anilines is 1. The topological polar surface area (TPSA) is 73.4 Å². The molecule has 0 saturated carbocycles. The SMILES string of the molecule is NC(=O)c1nn(-c2ccccc2)c2cccc(N3CCOCC3)c12. The summed E-state index contributed by atoms with van der Waals surface area (Å²) in [5.41, 5.74) is 8.66. The number of hydrogen-bond acceptors (Lipinski definition) is 4. The maximum atomic E-state index is 12.0. The summed E-state index contributed by atoms with van der Waals surface area (Å²) in [6.45, 7) is 2.92. The normalized spacial score (nSPS) is 14.9. The van der Waals surface area contributed by atoms with Crippen LogP contribution in [0.4, 0.5) is 5.69 Å². The van der Waals surface area contributed by atoms with Crippen molar-refractivity contribution >= 4 is 22.5 Å². The van der Waals surface area contributed by atoms with Crippen molar-refractivity contribution < 1.29 is 9.53 Å². The molecule has 1 aromatic heterocycles. The van der Waals surface area contributed by atoms with E-state index in [9.17, 15) is 4.79 Å². The summed E-state index contributed by atoms with van der Waals surface area (Å²) >= 11 is 0. The summed E-state index contributed by atoms with van der Waals surface area (Å²) < 4.78 is 7.21. The molecule has 0 spiro atoms. The molecule has 24 heavy (non-hydrogen) atoms. The van der Waals surface area contributed by atoms with Gasteiger partial charge in [-0.3, -0.25) is 4.79 Å². The van der Waals surface area contributed by atoms with Crippen molar-refractivity contribution in [2.75, 3.05) is 31.2 Å². The molecule has 4 rings (SSSR count). The highest BCUT2D eigenvalue weighted by molar-refractivity contribution is 6.09. The summed E-state index contributed by atoms with van der Waals surface area (Å²) in [5.74, 6) is -0.518. The number of nitrogens with two attached hydrogens (primary N) is 1. The second kappa shape index (κ2) is 5.98. The predicted octanol–water partition coefficient (Wildman–Crippen LogP) is 1.96. The molecule has 1 fully saturated rings. The Hall–Kier alpha value is -2.86. The number of rotatable bonds is 3. The van der Waals surface area contributed by atoms with Crippen LogP contribution in [-0.4, -0.2) is 42.0 Å². The van der Waals surface area contributed by atoms with Crippen molar-refractivity contribution in [3.63, 3.8) is 0 Å². The quantitative estimate of drug-likeness (QED) is 0.800. The fourth-order valence-electron chi connectivity index (χ4n) is 3.16. The molecule has 3 aromatic rings. The van der Waals surface area contributed by atoms with Crippen molar-refractivity contribution in [2.45, 2.75) is 0 Å². The third kappa shape index (κ3) is 2.41. The predicted molar refractivity (Wildman–Crippen MR) is 92.6 cm³/mol. The molecule has 1 saturated heterocycles. The molecule has 0 aliphatic carbocycles. The van der Waals surface area contributed by atoms with Gasteiger partial charge in [-0.05, 0) is 24.3 Å². The van der Waals surface area contributed by atoms with Gasteiger partial charge < -0.3 is 15.4 Å². The summed E-state index contributed by atoms with van der Waals surface area (Å²) in [6.07, 6.45) is 0. The Labute approximate surface area is 139 Å². The van der Waals surface area contributed by atoms with Gasteiger partial charge in [-0.15, -0.1) is 0 Å². The van der Waals surface area contributed by atoms with Crippen LogP contribution >= 0.6 is 0 Å². The van der Waals surface area contributed by atoms with Crippen molar-refractivity contribution in [2.24, 2.45) is 5.73 Å². The van der Waals surface area contributed by atoms with E-state index in [1.807, 2.05) is 48.5 Å². The van der Waals surface area contributed by atoms with Gasteiger partial charge in [0.1, 0.15) is 0 Å². The summed E-state index contributed by atoms with van der Waals surface area (Å²) in [7, 11) is 0. The van der Waals surface area contributed by atoms with Crippen LogP contribution in [0.25, 0.3) is 16.6 Å². The first-order chi connectivity index (χ1) is 11.8. The van der Waals surface area contributed by atoms with Crippen molar-refractivity contribution in [3.8, 4) is 5.69 Å². The summed E-state index contributed by atoms with van der Waals surface area (Å²) in [4.78, 5) is 14.2. The van der Waals surface area contributed by atoms with Gasteiger partial charge in [0.2, 0.25) is 0 Å². The smallest absolute Gasteiger partial charge is 0.269 e. The second-order valence-corrected chi connectivity index (χ2v) is 5.73. The molecule has 0 atom stereocenters. The molecule has 1 aliphatic heterocycles. The summed E-state index contributed by atoms with van der Waals surface area (Å²) in [6, 6.07) is 15.7. The lowest BCUT2D eigenvalue weighted by Crippen LogP contribution is -2.36. The average molecular weight is 322 g/mol. The molecule has 1 amide bonds. The Morgan fingerprint density at radius 2 is 1.79 bits per heavy atom. The van der Waals surface area contributed by atoms with Crippen molar-refractivity contribution in [1.29, 1.82) is 0 Å². The lowest BCUT2D eigenvalue weighted by molar-refractivity contribution is 0.0996. The minimum Gasteiger partial charge on any atom is -0.378 e. The third-order valence-corrected chi connectivity index (χ3v) is 4.27. The van der Waals surface area contributed by atoms with Gasteiger partial charge in [0.15, 0.2) is 5.69 Å². The standard InChI is InChI=1S/C18H18N4O2/c19-18(23)17-16-14(21-9-11-24-12-10-21)7-4-8-15(16)22(20-17)13-5-2-1-3-6-13/h1-8H,9-12H2,(H2,19,23). The Balaban J connectivity index is 1.96. The lowest BCUT2D eigenvalue weighted by Gasteiger charge is -2.29. The molecule has 2 N–H and O–H groups in total. The van der Waals surface area contributed by atoms with E-state index in [0.717, 1.165) is 35.4 Å². The first kappa shape index (κ1) is 14.7. The maximum absolute atomic E-state index is 12.0. The molecular weight excluding hydrogens is 304 g/mol. The molecule has 2 aromatic carbocycles. The van der Waals surface area contributed by atoms with Crippen LogP contribution in [0.1, 0.15) is 10.5 Å². The molecule has 0 radical (unpaired) electrons. The monoisotopic (exact) mass is 322 g/mol. The average Bonchev–Trinajstić information content (AvgIpc) is 3.03. The van der Waals surface area contributed by atoms with E-state index < -0.39 is 5.91 Å². The minimum absolute atomic E-state index is 0.302. The largest absolute Gasteiger partial charge is 0.378 e. The molecular formula is C18H18N4O2. The van der Waals surface area contributed by atoms with Gasteiger partial charge in [0.05, 0.1) is 29.8 Å². The minimum atomic E-state index is -0.518. The number of amides is 1. The number of carbonyl (C=O) groups is 1. The van der Waals surface area contributed by atoms with E-state index in [1.54, 1.807) is 4.68 Å². The first-order valence-electron chi connectivity index (χ1n) is 7.95. The van der Waals surface area contributed by atoms with Gasteiger partial charge in [-0.25, -0.2) is 4.68 Å². The molecule has 6 nitrogen and oxygen atoms in total. The molecule has 0 bridgehead atoms. The Morgan fingerprint density at radius 1 is 1.04 bits per heavy atom. The van der Waals surface area contributed by atoms with E-state index in [0.29, 0.717) is 18.9 Å². The Kier molecular flexibility index (Phi) is 3.66. The molecule has 0 unspecified atom stereocenters. The van der Waals surface area contributed by atoms with Gasteiger partial charge in [0.25, 0.3) is 5.91 Å². The van der Waals surface area contributed by atoms with Crippen LogP contribution in [0, 0.1) is 0 Å². The third-order valence-electron chi connectivity index (χ3n) is 4.27. The van der Waals surface area contributed by atoms with Crippen molar-refractivity contribution in [3.05, 3.63) is 54.2 Å². The number of para-hydroxylation sites is 1. The molecule has 1 aliphatic rings. The van der Waals surface area contributed by atoms with E-state index in [1.165, 1.54) is 0 Å². The van der Waals surface area contributed by atoms with Crippen molar-refractivity contribution in [1.82, 2.24) is 9.78 Å². The number of hydrogen-bond donors (Lipinski definition) is 1. The number of benzene rings is 2. The van der Waals surface area contributed by atoms with Crippen LogP contribution in [-0.2, 0) is 4.74 Å². The number of aromatic nitrogens is 2. The van der Waals surface area contributed by atoms with E-state index in [2.05, 4.69) is 10.00 Å². The van der Waals surface area contributed by atoms with Crippen LogP contribution in [0.15, 0.2) is 48.5 Å². The zero-order valence-electron chi connectivity index (χ0n) is 13.2. The Morgan fingerprint density at radius 3 is 2.50 bits per heavy atom. The number of morpholine rings is 1. The van der Waals surface area contributed by atoms with E-state index >= 15 is 0 Å². The highest BCUT2D eigenvalue weighted by atomic mass is 16.5. The number of ether oxygens (including phenoxy) is 1. The highest BCUT2D eigenvalue weighted by Crippen LogP contribution is 2.31. The van der Waals surface area contributed by atoms with Crippen LogP contribution in [0.3, 0.4) is 0 Å². The van der Waals surface area contributed by atoms with E-state index in [-0.39, 0.29) is 0 Å².